The molecule has 0 fully saturated rings. The fourth-order valence-corrected chi connectivity index (χ4v) is 12.3. The quantitative estimate of drug-likeness (QED) is 0.156. The molecule has 0 aliphatic carbocycles. The summed E-state index contributed by atoms with van der Waals surface area (Å²) in [5, 5.41) is 15.6. The number of fused-ring (bicyclic) bond motifs is 12. The average molecular weight is 795 g/mol. The Bertz CT molecular complexity index is 3650. The van der Waals surface area contributed by atoms with E-state index in [0.717, 1.165) is 0 Å². The minimum Gasteiger partial charge on any atom is -0.135 e. The first-order valence-electron chi connectivity index (χ1n) is 20.6. The molecule has 13 rings (SSSR count). The molecule has 0 aliphatic rings. The van der Waals surface area contributed by atoms with E-state index < -0.39 is 0 Å². The van der Waals surface area contributed by atoms with Crippen molar-refractivity contribution in [1.82, 2.24) is 0 Å². The Kier molecular flexibility index (Phi) is 7.45. The number of benzene rings is 11. The minimum atomic E-state index is 1.22. The SMILES string of the molecule is c1ccc(-c2ccc(-c3c4cccc(-c5cccc6ccc7sc8ccccc8c7c56)c4cc4c(-c5cccc6ccc7sc8ccccc8c7c56)cccc34)cc2)cc1. The van der Waals surface area contributed by atoms with Gasteiger partial charge in [-0.05, 0) is 118 Å². The van der Waals surface area contributed by atoms with Crippen molar-refractivity contribution in [3.63, 3.8) is 0 Å². The van der Waals surface area contributed by atoms with E-state index in [0.29, 0.717) is 0 Å². The van der Waals surface area contributed by atoms with Crippen molar-refractivity contribution in [2.45, 2.75) is 0 Å². The molecular weight excluding hydrogens is 761 g/mol. The maximum Gasteiger partial charge on any atom is 0.0362 e. The fourth-order valence-electron chi connectivity index (χ4n) is 10.0. The lowest BCUT2D eigenvalue weighted by molar-refractivity contribution is 1.61. The van der Waals surface area contributed by atoms with Crippen molar-refractivity contribution in [1.29, 1.82) is 0 Å². The van der Waals surface area contributed by atoms with Crippen LogP contribution in [0.2, 0.25) is 0 Å². The van der Waals surface area contributed by atoms with Gasteiger partial charge in [-0.25, -0.2) is 0 Å². The van der Waals surface area contributed by atoms with E-state index in [9.17, 15) is 0 Å². The van der Waals surface area contributed by atoms with Crippen molar-refractivity contribution in [3.05, 3.63) is 206 Å². The highest BCUT2D eigenvalue weighted by Crippen LogP contribution is 2.49. The molecule has 0 amide bonds. The molecule has 0 N–H and O–H groups in total. The van der Waals surface area contributed by atoms with E-state index in [4.69, 9.17) is 0 Å². The van der Waals surface area contributed by atoms with Gasteiger partial charge in [0.25, 0.3) is 0 Å². The number of thiophene rings is 2. The molecule has 2 heteroatoms. The van der Waals surface area contributed by atoms with Gasteiger partial charge in [0.05, 0.1) is 0 Å². The number of rotatable bonds is 4. The van der Waals surface area contributed by atoms with E-state index in [1.807, 2.05) is 22.7 Å². The second kappa shape index (κ2) is 13.2. The zero-order valence-corrected chi connectivity index (χ0v) is 34.1. The summed E-state index contributed by atoms with van der Waals surface area (Å²) < 4.78 is 5.30. The summed E-state index contributed by atoms with van der Waals surface area (Å²) in [5.41, 5.74) is 9.97. The van der Waals surface area contributed by atoms with Gasteiger partial charge in [-0.15, -0.1) is 22.7 Å². The van der Waals surface area contributed by atoms with E-state index in [-0.39, 0.29) is 0 Å². The predicted octanol–water partition coefficient (Wildman–Crippen LogP) is 17.7. The Balaban J connectivity index is 1.16. The van der Waals surface area contributed by atoms with Crippen molar-refractivity contribution in [2.75, 3.05) is 0 Å². The van der Waals surface area contributed by atoms with E-state index in [1.54, 1.807) is 0 Å². The summed E-state index contributed by atoms with van der Waals surface area (Å²) in [6, 6.07) is 77.1. The number of hydrogen-bond donors (Lipinski definition) is 0. The molecular formula is C58H34S2. The summed E-state index contributed by atoms with van der Waals surface area (Å²) in [5.74, 6) is 0. The molecule has 0 atom stereocenters. The van der Waals surface area contributed by atoms with Crippen LogP contribution in [-0.2, 0) is 0 Å². The minimum absolute atomic E-state index is 1.22. The lowest BCUT2D eigenvalue weighted by atomic mass is 9.84. The lowest BCUT2D eigenvalue weighted by Crippen LogP contribution is -1.92. The molecule has 60 heavy (non-hydrogen) atoms. The van der Waals surface area contributed by atoms with Gasteiger partial charge in [-0.3, -0.25) is 0 Å². The first-order valence-corrected chi connectivity index (χ1v) is 22.2. The molecule has 0 bridgehead atoms. The maximum absolute atomic E-state index is 2.51. The van der Waals surface area contributed by atoms with E-state index in [1.165, 1.54) is 128 Å². The highest BCUT2D eigenvalue weighted by atomic mass is 32.1. The molecule has 13 aromatic rings. The van der Waals surface area contributed by atoms with Crippen LogP contribution in [0.4, 0.5) is 0 Å². The van der Waals surface area contributed by atoms with Gasteiger partial charge in [0, 0.05) is 40.3 Å². The van der Waals surface area contributed by atoms with Crippen LogP contribution in [-0.4, -0.2) is 0 Å². The third-order valence-corrected chi connectivity index (χ3v) is 14.9. The zero-order valence-electron chi connectivity index (χ0n) is 32.4. The van der Waals surface area contributed by atoms with Crippen molar-refractivity contribution >= 4 is 106 Å². The van der Waals surface area contributed by atoms with E-state index >= 15 is 0 Å². The third kappa shape index (κ3) is 5.02. The second-order valence-electron chi connectivity index (χ2n) is 15.9. The van der Waals surface area contributed by atoms with Crippen LogP contribution >= 0.6 is 22.7 Å². The highest BCUT2D eigenvalue weighted by molar-refractivity contribution is 7.26. The Hall–Kier alpha value is -7.10. The van der Waals surface area contributed by atoms with Crippen LogP contribution < -0.4 is 0 Å². The van der Waals surface area contributed by atoms with Gasteiger partial charge in [0.15, 0.2) is 0 Å². The van der Waals surface area contributed by atoms with Gasteiger partial charge in [-0.1, -0.05) is 176 Å². The molecule has 0 radical (unpaired) electrons. The van der Waals surface area contributed by atoms with Gasteiger partial charge in [0.1, 0.15) is 0 Å². The van der Waals surface area contributed by atoms with Gasteiger partial charge >= 0.3 is 0 Å². The smallest absolute Gasteiger partial charge is 0.0362 e. The predicted molar refractivity (Wildman–Crippen MR) is 264 cm³/mol. The van der Waals surface area contributed by atoms with Crippen LogP contribution in [0.5, 0.6) is 0 Å². The lowest BCUT2D eigenvalue weighted by Gasteiger charge is -2.19. The molecule has 2 aromatic heterocycles. The Morgan fingerprint density at radius 3 is 1.22 bits per heavy atom. The first kappa shape index (κ1) is 33.8. The molecule has 0 spiro atoms. The van der Waals surface area contributed by atoms with Crippen molar-refractivity contribution in [3.8, 4) is 44.5 Å². The van der Waals surface area contributed by atoms with Gasteiger partial charge < -0.3 is 0 Å². The van der Waals surface area contributed by atoms with Crippen LogP contribution in [0.3, 0.4) is 0 Å². The summed E-state index contributed by atoms with van der Waals surface area (Å²) in [4.78, 5) is 0. The number of hydrogen-bond acceptors (Lipinski definition) is 2. The van der Waals surface area contributed by atoms with E-state index in [2.05, 4.69) is 206 Å². The Labute approximate surface area is 354 Å². The van der Waals surface area contributed by atoms with Crippen molar-refractivity contribution < 1.29 is 0 Å². The standard InChI is InChI=1S/C58H34S2/c1-2-12-35(13-3-1)36-26-28-39(29-27-36)54-44-22-10-18-40(42-20-8-14-37-30-32-52-57(55(37)42)46-16-4-6-24-50(46)59-52)48(44)34-49-41(19-11-23-45(49)54)43-21-9-15-38-31-33-53-58(56(38)43)47-17-5-7-25-51(47)60-53/h1-34H. The third-order valence-electron chi connectivity index (χ3n) is 12.7. The molecule has 11 aromatic carbocycles. The summed E-state index contributed by atoms with van der Waals surface area (Å²) in [7, 11) is 0. The fraction of sp³-hybridized carbons (Fsp3) is 0. The zero-order chi connectivity index (χ0) is 39.3. The molecule has 0 saturated carbocycles. The van der Waals surface area contributed by atoms with Gasteiger partial charge in [0.2, 0.25) is 0 Å². The van der Waals surface area contributed by atoms with Crippen LogP contribution in [0.25, 0.3) is 128 Å². The summed E-state index contributed by atoms with van der Waals surface area (Å²) in [6.07, 6.45) is 0. The Morgan fingerprint density at radius 2 is 0.667 bits per heavy atom. The summed E-state index contributed by atoms with van der Waals surface area (Å²) in [6.45, 7) is 0. The monoisotopic (exact) mass is 794 g/mol. The second-order valence-corrected chi connectivity index (χ2v) is 18.0. The van der Waals surface area contributed by atoms with Gasteiger partial charge in [-0.2, -0.15) is 0 Å². The normalized spacial score (nSPS) is 12.0. The van der Waals surface area contributed by atoms with Crippen LogP contribution in [0, 0.1) is 0 Å². The highest BCUT2D eigenvalue weighted by Gasteiger charge is 2.20. The first-order chi connectivity index (χ1) is 29.8. The van der Waals surface area contributed by atoms with Crippen LogP contribution in [0.15, 0.2) is 206 Å². The molecule has 0 saturated heterocycles. The van der Waals surface area contributed by atoms with Crippen LogP contribution in [0.1, 0.15) is 0 Å². The summed E-state index contributed by atoms with van der Waals surface area (Å²) >= 11 is 3.78. The molecule has 0 unspecified atom stereocenters. The Morgan fingerprint density at radius 1 is 0.233 bits per heavy atom. The molecule has 0 nitrogen and oxygen atoms in total. The van der Waals surface area contributed by atoms with Crippen molar-refractivity contribution in [2.24, 2.45) is 0 Å². The molecule has 2 heterocycles. The maximum atomic E-state index is 2.51. The topological polar surface area (TPSA) is 0 Å². The molecule has 0 aliphatic heterocycles. The largest absolute Gasteiger partial charge is 0.135 e. The molecule has 278 valence electrons. The average Bonchev–Trinajstić information content (AvgIpc) is 3.89.